The van der Waals surface area contributed by atoms with Crippen LogP contribution in [-0.2, 0) is 4.79 Å². The van der Waals surface area contributed by atoms with E-state index in [2.05, 4.69) is 17.6 Å². The molecule has 1 aliphatic rings. The molecule has 0 bridgehead atoms. The van der Waals surface area contributed by atoms with Crippen molar-refractivity contribution in [3.8, 4) is 5.75 Å². The number of likely N-dealkylation sites (tertiary alicyclic amines) is 1. The Morgan fingerprint density at radius 2 is 1.72 bits per heavy atom. The van der Waals surface area contributed by atoms with Gasteiger partial charge >= 0.3 is 0 Å². The summed E-state index contributed by atoms with van der Waals surface area (Å²) in [5.74, 6) is 0.617. The maximum absolute atomic E-state index is 13.3. The van der Waals surface area contributed by atoms with Crippen LogP contribution in [0.15, 0.2) is 48.5 Å². The summed E-state index contributed by atoms with van der Waals surface area (Å²) in [5, 5.41) is 6.59. The van der Waals surface area contributed by atoms with E-state index in [4.69, 9.17) is 4.74 Å². The molecule has 0 saturated carbocycles. The van der Waals surface area contributed by atoms with Gasteiger partial charge in [0.1, 0.15) is 11.8 Å². The van der Waals surface area contributed by atoms with Crippen molar-refractivity contribution in [2.24, 2.45) is 5.92 Å². The number of piperidine rings is 1. The van der Waals surface area contributed by atoms with Crippen molar-refractivity contribution in [3.63, 3.8) is 0 Å². The molecule has 3 rings (SSSR count). The van der Waals surface area contributed by atoms with Crippen LogP contribution >= 0.6 is 0 Å². The van der Waals surface area contributed by atoms with E-state index in [1.165, 1.54) is 0 Å². The molecule has 2 amide bonds. The molecule has 0 aliphatic carbocycles. The maximum atomic E-state index is 13.3. The van der Waals surface area contributed by atoms with Gasteiger partial charge < -0.3 is 20.3 Å². The molecule has 1 aliphatic heterocycles. The number of rotatable bonds is 7. The minimum Gasteiger partial charge on any atom is -0.497 e. The number of carbonyl (C=O) groups excluding carboxylic acids is 2. The topological polar surface area (TPSA) is 70.7 Å². The highest BCUT2D eigenvalue weighted by Gasteiger charge is 2.35. The lowest BCUT2D eigenvalue weighted by Crippen LogP contribution is -2.56. The van der Waals surface area contributed by atoms with Gasteiger partial charge in [-0.3, -0.25) is 9.59 Å². The molecule has 1 atom stereocenters. The zero-order valence-electron chi connectivity index (χ0n) is 19.8. The van der Waals surface area contributed by atoms with Gasteiger partial charge in [-0.25, -0.2) is 0 Å². The molecule has 1 saturated heterocycles. The largest absolute Gasteiger partial charge is 0.497 e. The number of benzene rings is 2. The van der Waals surface area contributed by atoms with Crippen molar-refractivity contribution in [2.45, 2.75) is 52.1 Å². The predicted molar refractivity (Wildman–Crippen MR) is 128 cm³/mol. The van der Waals surface area contributed by atoms with Crippen molar-refractivity contribution < 1.29 is 14.3 Å². The van der Waals surface area contributed by atoms with Gasteiger partial charge in [0.15, 0.2) is 0 Å². The van der Waals surface area contributed by atoms with Gasteiger partial charge in [0.25, 0.3) is 5.91 Å². The van der Waals surface area contributed by atoms with Crippen LogP contribution in [-0.4, -0.2) is 48.5 Å². The van der Waals surface area contributed by atoms with Crippen LogP contribution in [0.3, 0.4) is 0 Å². The maximum Gasteiger partial charge on any atom is 0.251 e. The monoisotopic (exact) mass is 437 g/mol. The fourth-order valence-electron chi connectivity index (χ4n) is 4.09. The van der Waals surface area contributed by atoms with Gasteiger partial charge in [-0.1, -0.05) is 31.5 Å². The van der Waals surface area contributed by atoms with Crippen molar-refractivity contribution in [2.75, 3.05) is 25.5 Å². The summed E-state index contributed by atoms with van der Waals surface area (Å²) >= 11 is 0. The third-order valence-electron chi connectivity index (χ3n) is 6.21. The van der Waals surface area contributed by atoms with E-state index in [1.54, 1.807) is 13.2 Å². The molecule has 172 valence electrons. The van der Waals surface area contributed by atoms with Crippen molar-refractivity contribution in [1.82, 2.24) is 10.2 Å². The molecule has 1 heterocycles. The smallest absolute Gasteiger partial charge is 0.251 e. The van der Waals surface area contributed by atoms with Crippen LogP contribution in [0.25, 0.3) is 0 Å². The Morgan fingerprint density at radius 3 is 2.28 bits per heavy atom. The average molecular weight is 438 g/mol. The number of amides is 2. The van der Waals surface area contributed by atoms with E-state index in [9.17, 15) is 9.59 Å². The number of nitrogens with zero attached hydrogens (tertiary/aromatic N) is 1. The first-order chi connectivity index (χ1) is 15.2. The summed E-state index contributed by atoms with van der Waals surface area (Å²) in [5.41, 5.74) is 2.55. The van der Waals surface area contributed by atoms with E-state index in [1.807, 2.05) is 68.1 Å². The van der Waals surface area contributed by atoms with Gasteiger partial charge in [0.2, 0.25) is 5.91 Å². The number of carbonyl (C=O) groups is 2. The number of hydrogen-bond donors (Lipinski definition) is 2. The van der Waals surface area contributed by atoms with Gasteiger partial charge in [0, 0.05) is 29.9 Å². The van der Waals surface area contributed by atoms with E-state index in [0.29, 0.717) is 18.7 Å². The van der Waals surface area contributed by atoms with Crippen LogP contribution in [0.5, 0.6) is 5.75 Å². The van der Waals surface area contributed by atoms with E-state index in [-0.39, 0.29) is 23.3 Å². The van der Waals surface area contributed by atoms with Crippen LogP contribution in [0.4, 0.5) is 5.69 Å². The lowest BCUT2D eigenvalue weighted by molar-refractivity contribution is -0.135. The summed E-state index contributed by atoms with van der Waals surface area (Å²) in [7, 11) is 1.66. The molecule has 0 spiro atoms. The lowest BCUT2D eigenvalue weighted by Gasteiger charge is -2.42. The Balaban J connectivity index is 1.60. The highest BCUT2D eigenvalue weighted by Crippen LogP contribution is 2.28. The van der Waals surface area contributed by atoms with Crippen LogP contribution in [0.2, 0.25) is 0 Å². The summed E-state index contributed by atoms with van der Waals surface area (Å²) < 4.78 is 5.23. The molecule has 1 fully saturated rings. The second-order valence-corrected chi connectivity index (χ2v) is 9.30. The Kier molecular flexibility index (Phi) is 7.44. The van der Waals surface area contributed by atoms with Gasteiger partial charge in [-0.2, -0.15) is 0 Å². The normalized spacial score (nSPS) is 16.4. The molecule has 32 heavy (non-hydrogen) atoms. The SMILES string of the molecule is COc1ccc(NC2(C)CCN(C(=O)[C@H](NC(=O)c3cccc(C)c3)C(C)C)CC2)cc1. The minimum atomic E-state index is -0.540. The van der Waals surface area contributed by atoms with Crippen molar-refractivity contribution in [3.05, 3.63) is 59.7 Å². The number of anilines is 1. The zero-order chi connectivity index (χ0) is 23.3. The second kappa shape index (κ2) is 10.1. The first-order valence-electron chi connectivity index (χ1n) is 11.3. The number of hydrogen-bond acceptors (Lipinski definition) is 4. The van der Waals surface area contributed by atoms with Gasteiger partial charge in [0.05, 0.1) is 7.11 Å². The average Bonchev–Trinajstić information content (AvgIpc) is 2.77. The molecule has 2 aromatic rings. The van der Waals surface area contributed by atoms with E-state index >= 15 is 0 Å². The number of aryl methyl sites for hydroxylation is 1. The summed E-state index contributed by atoms with van der Waals surface area (Å²) in [4.78, 5) is 27.9. The number of ether oxygens (including phenoxy) is 1. The Hall–Kier alpha value is -3.02. The molecular weight excluding hydrogens is 402 g/mol. The Bertz CT molecular complexity index is 932. The fraction of sp³-hybridized carbons (Fsp3) is 0.462. The molecule has 2 N–H and O–H groups in total. The lowest BCUT2D eigenvalue weighted by atomic mass is 9.88. The number of methoxy groups -OCH3 is 1. The van der Waals surface area contributed by atoms with E-state index < -0.39 is 6.04 Å². The first kappa shape index (κ1) is 23.6. The Morgan fingerprint density at radius 1 is 1.06 bits per heavy atom. The standard InChI is InChI=1S/C26H35N3O3/c1-18(2)23(27-24(30)20-8-6-7-19(3)17-20)25(31)29-15-13-26(4,14-16-29)28-21-9-11-22(32-5)12-10-21/h6-12,17-18,23,28H,13-16H2,1-5H3,(H,27,30)/t23-/m1/s1. The molecule has 0 aromatic heterocycles. The van der Waals surface area contributed by atoms with E-state index in [0.717, 1.165) is 29.8 Å². The van der Waals surface area contributed by atoms with Gasteiger partial charge in [-0.15, -0.1) is 0 Å². The zero-order valence-corrected chi connectivity index (χ0v) is 19.8. The van der Waals surface area contributed by atoms with Crippen LogP contribution in [0.1, 0.15) is 49.5 Å². The van der Waals surface area contributed by atoms with Gasteiger partial charge in [-0.05, 0) is 69.0 Å². The summed E-state index contributed by atoms with van der Waals surface area (Å²) in [6, 6.07) is 14.8. The molecule has 6 heteroatoms. The molecule has 0 radical (unpaired) electrons. The highest BCUT2D eigenvalue weighted by atomic mass is 16.5. The van der Waals surface area contributed by atoms with Crippen LogP contribution in [0, 0.1) is 12.8 Å². The minimum absolute atomic E-state index is 0.00185. The van der Waals surface area contributed by atoms with Crippen molar-refractivity contribution in [1.29, 1.82) is 0 Å². The first-order valence-corrected chi connectivity index (χ1v) is 11.3. The predicted octanol–water partition coefficient (Wildman–Crippen LogP) is 4.25. The molecule has 0 unspecified atom stereocenters. The quantitative estimate of drug-likeness (QED) is 0.679. The van der Waals surface area contributed by atoms with Crippen LogP contribution < -0.4 is 15.4 Å². The van der Waals surface area contributed by atoms with Crippen molar-refractivity contribution >= 4 is 17.5 Å². The fourth-order valence-corrected chi connectivity index (χ4v) is 4.09. The third-order valence-corrected chi connectivity index (χ3v) is 6.21. The second-order valence-electron chi connectivity index (χ2n) is 9.30. The molecule has 2 aromatic carbocycles. The third kappa shape index (κ3) is 5.81. The number of nitrogens with one attached hydrogen (secondary N) is 2. The molecule has 6 nitrogen and oxygen atoms in total. The summed E-state index contributed by atoms with van der Waals surface area (Å²) in [6.07, 6.45) is 1.67. The summed E-state index contributed by atoms with van der Waals surface area (Å²) in [6.45, 7) is 9.39. The highest BCUT2D eigenvalue weighted by molar-refractivity contribution is 5.97. The Labute approximate surface area is 191 Å². The molecular formula is C26H35N3O3.